The number of thioether (sulfide) groups is 1. The first-order valence-corrected chi connectivity index (χ1v) is 8.42. The minimum Gasteiger partial charge on any atom is -0.312 e. The van der Waals surface area contributed by atoms with Crippen molar-refractivity contribution in [3.63, 3.8) is 0 Å². The number of nitrogens with zero attached hydrogens (tertiary/aromatic N) is 1. The lowest BCUT2D eigenvalue weighted by molar-refractivity contribution is 0.666. The van der Waals surface area contributed by atoms with Crippen LogP contribution in [-0.4, -0.2) is 17.8 Å². The molecule has 0 saturated carbocycles. The zero-order valence-electron chi connectivity index (χ0n) is 11.2. The average Bonchev–Trinajstić information content (AvgIpc) is 3.01. The molecule has 0 aliphatic heterocycles. The maximum atomic E-state index is 4.33. The SMILES string of the molecule is CNC(CSc1nccs1)c1cccc2ccccc12. The number of thiazole rings is 1. The van der Waals surface area contributed by atoms with Crippen molar-refractivity contribution in [2.45, 2.75) is 10.4 Å². The van der Waals surface area contributed by atoms with Gasteiger partial charge in [-0.2, -0.15) is 0 Å². The van der Waals surface area contributed by atoms with Crippen LogP contribution < -0.4 is 5.32 Å². The van der Waals surface area contributed by atoms with E-state index in [9.17, 15) is 0 Å². The minimum atomic E-state index is 0.329. The van der Waals surface area contributed by atoms with Gasteiger partial charge in [0.1, 0.15) is 4.34 Å². The summed E-state index contributed by atoms with van der Waals surface area (Å²) in [5.74, 6) is 0.984. The van der Waals surface area contributed by atoms with Gasteiger partial charge in [-0.1, -0.05) is 54.2 Å². The Morgan fingerprint density at radius 1 is 1.20 bits per heavy atom. The second-order valence-electron chi connectivity index (χ2n) is 4.52. The highest BCUT2D eigenvalue weighted by Crippen LogP contribution is 2.29. The van der Waals surface area contributed by atoms with Gasteiger partial charge in [-0.25, -0.2) is 4.98 Å². The third-order valence-corrected chi connectivity index (χ3v) is 5.39. The zero-order valence-corrected chi connectivity index (χ0v) is 12.9. The lowest BCUT2D eigenvalue weighted by atomic mass is 10.00. The summed E-state index contributed by atoms with van der Waals surface area (Å²) >= 11 is 3.51. The average molecular weight is 300 g/mol. The van der Waals surface area contributed by atoms with E-state index < -0.39 is 0 Å². The molecule has 3 rings (SSSR count). The van der Waals surface area contributed by atoms with Crippen LogP contribution in [-0.2, 0) is 0 Å². The third kappa shape index (κ3) is 2.87. The largest absolute Gasteiger partial charge is 0.312 e. The Kier molecular flexibility index (Phi) is 4.35. The maximum Gasteiger partial charge on any atom is 0.149 e. The van der Waals surface area contributed by atoms with E-state index in [1.54, 1.807) is 11.3 Å². The fourth-order valence-corrected chi connectivity index (χ4v) is 4.11. The Bertz CT molecular complexity index is 675. The number of nitrogens with one attached hydrogen (secondary N) is 1. The van der Waals surface area contributed by atoms with Crippen LogP contribution in [0.25, 0.3) is 10.8 Å². The molecular weight excluding hydrogens is 284 g/mol. The topological polar surface area (TPSA) is 24.9 Å². The first-order valence-electron chi connectivity index (χ1n) is 6.55. The summed E-state index contributed by atoms with van der Waals surface area (Å²) in [5.41, 5.74) is 1.36. The molecule has 1 aromatic heterocycles. The van der Waals surface area contributed by atoms with Gasteiger partial charge in [0.15, 0.2) is 0 Å². The molecule has 3 aromatic rings. The van der Waals surface area contributed by atoms with Gasteiger partial charge in [0.25, 0.3) is 0 Å². The van der Waals surface area contributed by atoms with Crippen molar-refractivity contribution < 1.29 is 0 Å². The minimum absolute atomic E-state index is 0.329. The van der Waals surface area contributed by atoms with Crippen molar-refractivity contribution in [2.75, 3.05) is 12.8 Å². The Balaban J connectivity index is 1.87. The van der Waals surface area contributed by atoms with Crippen LogP contribution in [0.1, 0.15) is 11.6 Å². The van der Waals surface area contributed by atoms with Gasteiger partial charge in [0.2, 0.25) is 0 Å². The van der Waals surface area contributed by atoms with Crippen LogP contribution in [0.3, 0.4) is 0 Å². The molecule has 0 spiro atoms. The molecule has 4 heteroatoms. The predicted octanol–water partition coefficient (Wildman–Crippen LogP) is 4.35. The third-order valence-electron chi connectivity index (χ3n) is 3.33. The molecule has 1 atom stereocenters. The molecular formula is C16H16N2S2. The number of hydrogen-bond acceptors (Lipinski definition) is 4. The second kappa shape index (κ2) is 6.39. The van der Waals surface area contributed by atoms with Crippen molar-refractivity contribution in [3.05, 3.63) is 59.6 Å². The first kappa shape index (κ1) is 13.6. The molecule has 102 valence electrons. The van der Waals surface area contributed by atoms with Crippen LogP contribution in [0.15, 0.2) is 58.4 Å². The molecule has 0 saturated heterocycles. The van der Waals surface area contributed by atoms with Gasteiger partial charge in [-0.05, 0) is 23.4 Å². The van der Waals surface area contributed by atoms with Crippen molar-refractivity contribution in [1.29, 1.82) is 0 Å². The first-order chi connectivity index (χ1) is 9.88. The monoisotopic (exact) mass is 300 g/mol. The molecule has 1 N–H and O–H groups in total. The van der Waals surface area contributed by atoms with E-state index in [1.165, 1.54) is 16.3 Å². The maximum absolute atomic E-state index is 4.33. The quantitative estimate of drug-likeness (QED) is 0.709. The van der Waals surface area contributed by atoms with Crippen LogP contribution >= 0.6 is 23.1 Å². The molecule has 0 aliphatic rings. The molecule has 0 bridgehead atoms. The molecule has 0 aliphatic carbocycles. The van der Waals surface area contributed by atoms with E-state index in [-0.39, 0.29) is 0 Å². The highest BCUT2D eigenvalue weighted by molar-refractivity contribution is 8.01. The summed E-state index contributed by atoms with van der Waals surface area (Å²) in [5, 5.41) is 8.08. The summed E-state index contributed by atoms with van der Waals surface area (Å²) in [6.45, 7) is 0. The molecule has 2 nitrogen and oxygen atoms in total. The molecule has 1 heterocycles. The van der Waals surface area contributed by atoms with Crippen molar-refractivity contribution in [2.24, 2.45) is 0 Å². The van der Waals surface area contributed by atoms with E-state index in [2.05, 4.69) is 52.8 Å². The second-order valence-corrected chi connectivity index (χ2v) is 6.68. The van der Waals surface area contributed by atoms with Gasteiger partial charge in [0.05, 0.1) is 0 Å². The fraction of sp³-hybridized carbons (Fsp3) is 0.188. The van der Waals surface area contributed by atoms with Crippen LogP contribution in [0.4, 0.5) is 0 Å². The van der Waals surface area contributed by atoms with E-state index in [1.807, 2.05) is 30.4 Å². The number of benzene rings is 2. The summed E-state index contributed by atoms with van der Waals surface area (Å²) < 4.78 is 1.13. The zero-order chi connectivity index (χ0) is 13.8. The molecule has 0 amide bonds. The van der Waals surface area contributed by atoms with Gasteiger partial charge in [-0.15, -0.1) is 11.3 Å². The van der Waals surface area contributed by atoms with E-state index in [4.69, 9.17) is 0 Å². The normalized spacial score (nSPS) is 12.7. The highest BCUT2D eigenvalue weighted by Gasteiger charge is 2.13. The van der Waals surface area contributed by atoms with Crippen LogP contribution in [0.5, 0.6) is 0 Å². The Hall–Kier alpha value is -1.36. The molecule has 1 unspecified atom stereocenters. The number of hydrogen-bond donors (Lipinski definition) is 1. The van der Waals surface area contributed by atoms with E-state index >= 15 is 0 Å². The summed E-state index contributed by atoms with van der Waals surface area (Å²) in [6.07, 6.45) is 1.86. The lowest BCUT2D eigenvalue weighted by Gasteiger charge is -2.18. The number of aromatic nitrogens is 1. The van der Waals surface area contributed by atoms with E-state index in [0.29, 0.717) is 6.04 Å². The smallest absolute Gasteiger partial charge is 0.149 e. The lowest BCUT2D eigenvalue weighted by Crippen LogP contribution is -2.19. The van der Waals surface area contributed by atoms with Gasteiger partial charge in [-0.3, -0.25) is 0 Å². The Morgan fingerprint density at radius 2 is 2.05 bits per heavy atom. The molecule has 20 heavy (non-hydrogen) atoms. The molecule has 0 radical (unpaired) electrons. The Morgan fingerprint density at radius 3 is 2.85 bits per heavy atom. The molecule has 0 fully saturated rings. The summed E-state index contributed by atoms with van der Waals surface area (Å²) in [6, 6.07) is 15.4. The van der Waals surface area contributed by atoms with Crippen molar-refractivity contribution in [1.82, 2.24) is 10.3 Å². The summed E-state index contributed by atoms with van der Waals surface area (Å²) in [7, 11) is 2.02. The number of fused-ring (bicyclic) bond motifs is 1. The van der Waals surface area contributed by atoms with Crippen LogP contribution in [0, 0.1) is 0 Å². The van der Waals surface area contributed by atoms with Gasteiger partial charge >= 0.3 is 0 Å². The van der Waals surface area contributed by atoms with Crippen molar-refractivity contribution >= 4 is 33.9 Å². The predicted molar refractivity (Wildman–Crippen MR) is 88.6 cm³/mol. The van der Waals surface area contributed by atoms with Crippen LogP contribution in [0.2, 0.25) is 0 Å². The van der Waals surface area contributed by atoms with Gasteiger partial charge in [0, 0.05) is 23.4 Å². The van der Waals surface area contributed by atoms with Gasteiger partial charge < -0.3 is 5.32 Å². The Labute approximate surface area is 127 Å². The number of rotatable bonds is 5. The molecule has 2 aromatic carbocycles. The van der Waals surface area contributed by atoms with Crippen molar-refractivity contribution in [3.8, 4) is 0 Å². The highest BCUT2D eigenvalue weighted by atomic mass is 32.2. The standard InChI is InChI=1S/C16H16N2S2/c1-17-15(11-20-16-18-9-10-19-16)14-8-4-6-12-5-2-3-7-13(12)14/h2-10,15,17H,11H2,1H3. The summed E-state index contributed by atoms with van der Waals surface area (Å²) in [4.78, 5) is 4.33. The fourth-order valence-electron chi connectivity index (χ4n) is 2.32. The van der Waals surface area contributed by atoms with E-state index in [0.717, 1.165) is 10.1 Å².